The summed E-state index contributed by atoms with van der Waals surface area (Å²) in [5.74, 6) is 0.393. The van der Waals surface area contributed by atoms with Crippen LogP contribution in [-0.4, -0.2) is 42.6 Å². The molecule has 1 atom stereocenters. The number of amides is 1. The van der Waals surface area contributed by atoms with Crippen LogP contribution in [0.4, 0.5) is 0 Å². The molecule has 0 aromatic heterocycles. The quantitative estimate of drug-likeness (QED) is 0.917. The average molecular weight is 337 g/mol. The third kappa shape index (κ3) is 3.12. The summed E-state index contributed by atoms with van der Waals surface area (Å²) in [4.78, 5) is 14.8. The van der Waals surface area contributed by atoms with E-state index in [1.807, 2.05) is 18.2 Å². The molecule has 23 heavy (non-hydrogen) atoms. The SMILES string of the molecule is Cl.O=C1N(C2CC(OCc3ccccc3)C2)CCC12CCNC2. The van der Waals surface area contributed by atoms with E-state index in [9.17, 15) is 4.79 Å². The Morgan fingerprint density at radius 2 is 2.00 bits per heavy atom. The van der Waals surface area contributed by atoms with Gasteiger partial charge in [0.25, 0.3) is 0 Å². The van der Waals surface area contributed by atoms with Crippen LogP contribution in [0, 0.1) is 5.41 Å². The van der Waals surface area contributed by atoms with Crippen molar-refractivity contribution in [2.45, 2.75) is 44.4 Å². The first-order chi connectivity index (χ1) is 10.8. The molecule has 1 aromatic carbocycles. The van der Waals surface area contributed by atoms with Crippen molar-refractivity contribution in [3.63, 3.8) is 0 Å². The zero-order valence-corrected chi connectivity index (χ0v) is 14.2. The third-order valence-electron chi connectivity index (χ3n) is 5.63. The molecule has 0 radical (unpaired) electrons. The molecule has 1 spiro atoms. The summed E-state index contributed by atoms with van der Waals surface area (Å²) in [7, 11) is 0. The van der Waals surface area contributed by atoms with Gasteiger partial charge in [-0.05, 0) is 37.8 Å². The van der Waals surface area contributed by atoms with E-state index in [0.29, 0.717) is 24.7 Å². The fourth-order valence-corrected chi connectivity index (χ4v) is 4.05. The van der Waals surface area contributed by atoms with Crippen LogP contribution in [-0.2, 0) is 16.1 Å². The highest BCUT2D eigenvalue weighted by atomic mass is 35.5. The van der Waals surface area contributed by atoms with Crippen LogP contribution in [0.3, 0.4) is 0 Å². The van der Waals surface area contributed by atoms with E-state index in [4.69, 9.17) is 4.74 Å². The minimum atomic E-state index is -0.0734. The molecule has 2 aliphatic heterocycles. The molecule has 3 fully saturated rings. The summed E-state index contributed by atoms with van der Waals surface area (Å²) < 4.78 is 5.96. The fraction of sp³-hybridized carbons (Fsp3) is 0.611. The van der Waals surface area contributed by atoms with E-state index in [-0.39, 0.29) is 17.8 Å². The lowest BCUT2D eigenvalue weighted by molar-refractivity contribution is -0.142. The van der Waals surface area contributed by atoms with Crippen molar-refractivity contribution >= 4 is 18.3 Å². The van der Waals surface area contributed by atoms with Crippen LogP contribution in [0.25, 0.3) is 0 Å². The number of hydrogen-bond donors (Lipinski definition) is 1. The molecule has 1 N–H and O–H groups in total. The summed E-state index contributed by atoms with van der Waals surface area (Å²) in [5, 5.41) is 3.36. The van der Waals surface area contributed by atoms with Crippen LogP contribution in [0.2, 0.25) is 0 Å². The maximum Gasteiger partial charge on any atom is 0.230 e. The number of halogens is 1. The first-order valence-electron chi connectivity index (χ1n) is 8.44. The molecule has 2 saturated heterocycles. The lowest BCUT2D eigenvalue weighted by Gasteiger charge is -2.41. The van der Waals surface area contributed by atoms with Crippen LogP contribution >= 0.6 is 12.4 Å². The second-order valence-electron chi connectivity index (χ2n) is 7.00. The van der Waals surface area contributed by atoms with Crippen molar-refractivity contribution in [3.8, 4) is 0 Å². The van der Waals surface area contributed by atoms with E-state index >= 15 is 0 Å². The van der Waals surface area contributed by atoms with Gasteiger partial charge in [-0.1, -0.05) is 30.3 Å². The maximum absolute atomic E-state index is 12.7. The molecule has 1 saturated carbocycles. The van der Waals surface area contributed by atoms with Gasteiger partial charge in [0.2, 0.25) is 5.91 Å². The van der Waals surface area contributed by atoms with Crippen LogP contribution in [0.15, 0.2) is 30.3 Å². The maximum atomic E-state index is 12.7. The largest absolute Gasteiger partial charge is 0.373 e. The van der Waals surface area contributed by atoms with Gasteiger partial charge < -0.3 is 15.0 Å². The van der Waals surface area contributed by atoms with E-state index in [2.05, 4.69) is 22.3 Å². The van der Waals surface area contributed by atoms with Crippen LogP contribution in [0.5, 0.6) is 0 Å². The van der Waals surface area contributed by atoms with E-state index in [1.54, 1.807) is 0 Å². The lowest BCUT2D eigenvalue weighted by atomic mass is 9.84. The predicted molar refractivity (Wildman–Crippen MR) is 91.5 cm³/mol. The van der Waals surface area contributed by atoms with Crippen molar-refractivity contribution in [1.29, 1.82) is 0 Å². The molecule has 1 amide bonds. The molecule has 1 unspecified atom stereocenters. The highest BCUT2D eigenvalue weighted by Crippen LogP contribution is 2.41. The smallest absolute Gasteiger partial charge is 0.230 e. The number of likely N-dealkylation sites (tertiary alicyclic amines) is 1. The molecular weight excluding hydrogens is 312 g/mol. The summed E-state index contributed by atoms with van der Waals surface area (Å²) >= 11 is 0. The van der Waals surface area contributed by atoms with Crippen molar-refractivity contribution in [2.24, 2.45) is 5.41 Å². The minimum Gasteiger partial charge on any atom is -0.373 e. The molecule has 5 heteroatoms. The lowest BCUT2D eigenvalue weighted by Crippen LogP contribution is -2.50. The molecule has 2 heterocycles. The second kappa shape index (κ2) is 6.80. The summed E-state index contributed by atoms with van der Waals surface area (Å²) in [6, 6.07) is 10.7. The first kappa shape index (κ1) is 16.7. The zero-order chi connectivity index (χ0) is 15.0. The van der Waals surface area contributed by atoms with Gasteiger partial charge in [0.1, 0.15) is 0 Å². The number of carbonyl (C=O) groups excluding carboxylic acids is 1. The van der Waals surface area contributed by atoms with Gasteiger partial charge in [0.05, 0.1) is 18.1 Å². The van der Waals surface area contributed by atoms with Crippen molar-refractivity contribution in [3.05, 3.63) is 35.9 Å². The molecule has 126 valence electrons. The Kier molecular flexibility index (Phi) is 4.95. The summed E-state index contributed by atoms with van der Waals surface area (Å²) in [5.41, 5.74) is 1.15. The zero-order valence-electron chi connectivity index (χ0n) is 13.4. The highest BCUT2D eigenvalue weighted by molar-refractivity contribution is 5.86. The topological polar surface area (TPSA) is 41.6 Å². The van der Waals surface area contributed by atoms with Gasteiger partial charge in [-0.25, -0.2) is 0 Å². The first-order valence-corrected chi connectivity index (χ1v) is 8.44. The Morgan fingerprint density at radius 3 is 2.70 bits per heavy atom. The van der Waals surface area contributed by atoms with Crippen molar-refractivity contribution in [1.82, 2.24) is 10.2 Å². The average Bonchev–Trinajstić information content (AvgIpc) is 3.10. The minimum absolute atomic E-state index is 0. The van der Waals surface area contributed by atoms with Gasteiger partial charge in [-0.15, -0.1) is 12.4 Å². The molecule has 3 aliphatic rings. The standard InChI is InChI=1S/C18H24N2O2.ClH/c21-17-18(6-8-19-13-18)7-9-20(17)15-10-16(11-15)22-12-14-4-2-1-3-5-14;/h1-5,15-16,19H,6-13H2;1H. The van der Waals surface area contributed by atoms with Gasteiger partial charge in [0, 0.05) is 19.1 Å². The van der Waals surface area contributed by atoms with Gasteiger partial charge in [-0.3, -0.25) is 4.79 Å². The number of hydrogen-bond acceptors (Lipinski definition) is 3. The molecule has 4 nitrogen and oxygen atoms in total. The Balaban J connectivity index is 0.00000156. The number of benzene rings is 1. The third-order valence-corrected chi connectivity index (χ3v) is 5.63. The Morgan fingerprint density at radius 1 is 1.22 bits per heavy atom. The van der Waals surface area contributed by atoms with E-state index < -0.39 is 0 Å². The summed E-state index contributed by atoms with van der Waals surface area (Å²) in [6.45, 7) is 3.49. The van der Waals surface area contributed by atoms with Crippen LogP contribution < -0.4 is 5.32 Å². The Labute approximate surface area is 144 Å². The fourth-order valence-electron chi connectivity index (χ4n) is 4.05. The molecule has 4 rings (SSSR count). The monoisotopic (exact) mass is 336 g/mol. The second-order valence-corrected chi connectivity index (χ2v) is 7.00. The summed E-state index contributed by atoms with van der Waals surface area (Å²) in [6.07, 6.45) is 4.37. The van der Waals surface area contributed by atoms with Gasteiger partial charge in [0.15, 0.2) is 0 Å². The highest BCUT2D eigenvalue weighted by Gasteiger charge is 2.51. The number of nitrogens with zero attached hydrogens (tertiary/aromatic N) is 1. The number of nitrogens with one attached hydrogen (secondary N) is 1. The Hall–Kier alpha value is -1.10. The molecule has 1 aliphatic carbocycles. The number of ether oxygens (including phenoxy) is 1. The Bertz CT molecular complexity index is 539. The molecular formula is C18H25ClN2O2. The van der Waals surface area contributed by atoms with E-state index in [0.717, 1.165) is 45.3 Å². The number of rotatable bonds is 4. The normalized spacial score (nSPS) is 32.9. The van der Waals surface area contributed by atoms with Crippen molar-refractivity contribution < 1.29 is 9.53 Å². The van der Waals surface area contributed by atoms with Gasteiger partial charge >= 0.3 is 0 Å². The van der Waals surface area contributed by atoms with E-state index in [1.165, 1.54) is 5.56 Å². The van der Waals surface area contributed by atoms with Gasteiger partial charge in [-0.2, -0.15) is 0 Å². The van der Waals surface area contributed by atoms with Crippen LogP contribution in [0.1, 0.15) is 31.2 Å². The number of carbonyl (C=O) groups is 1. The predicted octanol–water partition coefficient (Wildman–Crippen LogP) is 2.37. The molecule has 1 aromatic rings. The van der Waals surface area contributed by atoms with Crippen molar-refractivity contribution in [2.75, 3.05) is 19.6 Å². The molecule has 0 bridgehead atoms.